The number of aromatic nitrogens is 2. The Morgan fingerprint density at radius 3 is 2.71 bits per heavy atom. The van der Waals surface area contributed by atoms with Gasteiger partial charge in [-0.1, -0.05) is 12.1 Å². The molecule has 7 heteroatoms. The number of piperidine rings is 1. The van der Waals surface area contributed by atoms with Crippen LogP contribution in [0.2, 0.25) is 0 Å². The third kappa shape index (κ3) is 3.87. The van der Waals surface area contributed by atoms with Crippen molar-refractivity contribution in [2.45, 2.75) is 76.5 Å². The predicted molar refractivity (Wildman–Crippen MR) is 129 cm³/mol. The van der Waals surface area contributed by atoms with Gasteiger partial charge in [-0.15, -0.1) is 0 Å². The average molecular weight is 466 g/mol. The van der Waals surface area contributed by atoms with E-state index in [2.05, 4.69) is 27.8 Å². The van der Waals surface area contributed by atoms with Gasteiger partial charge in [-0.05, 0) is 62.8 Å². The van der Waals surface area contributed by atoms with Crippen molar-refractivity contribution in [2.75, 3.05) is 26.2 Å². The first-order valence-corrected chi connectivity index (χ1v) is 13.0. The number of hydrogen-bond acceptors (Lipinski definition) is 4. The van der Waals surface area contributed by atoms with E-state index in [1.54, 1.807) is 19.1 Å². The average Bonchev–Trinajstić information content (AvgIpc) is 3.47. The molecule has 4 aliphatic rings. The number of hydrogen-bond donors (Lipinski definition) is 1. The molecule has 0 spiro atoms. The lowest BCUT2D eigenvalue weighted by Gasteiger charge is -2.42. The second kappa shape index (κ2) is 8.76. The second-order valence-electron chi connectivity index (χ2n) is 10.9. The van der Waals surface area contributed by atoms with E-state index >= 15 is 0 Å². The zero-order valence-electron chi connectivity index (χ0n) is 20.3. The minimum absolute atomic E-state index is 0.130. The standard InChI is InChI=1S/C27H36FN5O/c1-17-30-26-16-31(18(2)34)9-8-27(26)33(17)24-11-22-6-7-23(12-24)32(22)15-20-13-29-14-25(20)19-4-3-5-21(28)10-19/h3-5,10,20,22-25,29H,6-9,11-16H2,1-2H3/t20-,22-,23+,24?,25-/m1/s1. The number of imidazole rings is 1. The topological polar surface area (TPSA) is 53.4 Å². The number of nitrogens with zero attached hydrogens (tertiary/aromatic N) is 4. The molecule has 1 aromatic heterocycles. The Hall–Kier alpha value is -2.25. The highest BCUT2D eigenvalue weighted by molar-refractivity contribution is 5.73. The Morgan fingerprint density at radius 2 is 1.97 bits per heavy atom. The Balaban J connectivity index is 1.17. The Morgan fingerprint density at radius 1 is 1.18 bits per heavy atom. The number of carbonyl (C=O) groups excluding carboxylic acids is 1. The Kier molecular flexibility index (Phi) is 5.72. The van der Waals surface area contributed by atoms with E-state index in [9.17, 15) is 9.18 Å². The van der Waals surface area contributed by atoms with Crippen LogP contribution >= 0.6 is 0 Å². The van der Waals surface area contributed by atoms with E-state index in [0.717, 1.165) is 49.7 Å². The van der Waals surface area contributed by atoms with Crippen LogP contribution in [0.3, 0.4) is 0 Å². The summed E-state index contributed by atoms with van der Waals surface area (Å²) in [7, 11) is 0. The summed E-state index contributed by atoms with van der Waals surface area (Å²) >= 11 is 0. The molecule has 182 valence electrons. The van der Waals surface area contributed by atoms with Crippen molar-refractivity contribution in [3.63, 3.8) is 0 Å². The molecule has 1 aromatic carbocycles. The summed E-state index contributed by atoms with van der Waals surface area (Å²) < 4.78 is 16.4. The predicted octanol–water partition coefficient (Wildman–Crippen LogP) is 3.41. The van der Waals surface area contributed by atoms with Crippen LogP contribution in [0.15, 0.2) is 24.3 Å². The van der Waals surface area contributed by atoms with E-state index in [-0.39, 0.29) is 11.7 Å². The molecule has 5 atom stereocenters. The highest BCUT2D eigenvalue weighted by Gasteiger charge is 2.44. The lowest BCUT2D eigenvalue weighted by atomic mass is 9.87. The molecule has 2 aromatic rings. The quantitative estimate of drug-likeness (QED) is 0.752. The van der Waals surface area contributed by atoms with Crippen molar-refractivity contribution in [3.8, 4) is 0 Å². The van der Waals surface area contributed by atoms with Crippen LogP contribution in [0.5, 0.6) is 0 Å². The molecule has 2 bridgehead atoms. The number of benzene rings is 1. The molecule has 1 amide bonds. The molecule has 1 N–H and O–H groups in total. The van der Waals surface area contributed by atoms with Gasteiger partial charge < -0.3 is 14.8 Å². The number of rotatable bonds is 4. The first kappa shape index (κ1) is 22.2. The molecule has 5 heterocycles. The summed E-state index contributed by atoms with van der Waals surface area (Å²) in [6.45, 7) is 8.30. The summed E-state index contributed by atoms with van der Waals surface area (Å²) in [4.78, 5) is 21.5. The van der Waals surface area contributed by atoms with Gasteiger partial charge in [0.05, 0.1) is 12.2 Å². The maximum absolute atomic E-state index is 13.9. The largest absolute Gasteiger partial charge is 0.337 e. The van der Waals surface area contributed by atoms with E-state index in [1.165, 1.54) is 31.4 Å². The van der Waals surface area contributed by atoms with Crippen LogP contribution < -0.4 is 5.32 Å². The van der Waals surface area contributed by atoms with Crippen molar-refractivity contribution in [2.24, 2.45) is 5.92 Å². The van der Waals surface area contributed by atoms with Crippen molar-refractivity contribution in [1.82, 2.24) is 24.7 Å². The Bertz CT molecular complexity index is 1070. The molecular formula is C27H36FN5O. The number of nitrogens with one attached hydrogen (secondary N) is 1. The molecule has 1 unspecified atom stereocenters. The van der Waals surface area contributed by atoms with Crippen LogP contribution in [0.1, 0.15) is 67.3 Å². The lowest BCUT2D eigenvalue weighted by molar-refractivity contribution is -0.129. The van der Waals surface area contributed by atoms with Crippen LogP contribution in [0.25, 0.3) is 0 Å². The Labute approximate surface area is 201 Å². The fraction of sp³-hybridized carbons (Fsp3) is 0.630. The highest BCUT2D eigenvalue weighted by atomic mass is 19.1. The van der Waals surface area contributed by atoms with Gasteiger partial charge in [0.2, 0.25) is 5.91 Å². The third-order valence-electron chi connectivity index (χ3n) is 8.96. The van der Waals surface area contributed by atoms with Gasteiger partial charge in [0.1, 0.15) is 11.6 Å². The van der Waals surface area contributed by atoms with Crippen molar-refractivity contribution in [3.05, 3.63) is 52.9 Å². The lowest BCUT2D eigenvalue weighted by Crippen LogP contribution is -2.47. The molecule has 3 fully saturated rings. The number of aryl methyl sites for hydroxylation is 1. The zero-order valence-corrected chi connectivity index (χ0v) is 20.3. The van der Waals surface area contributed by atoms with Crippen LogP contribution in [0, 0.1) is 18.7 Å². The summed E-state index contributed by atoms with van der Waals surface area (Å²) in [5.41, 5.74) is 3.60. The monoisotopic (exact) mass is 465 g/mol. The van der Waals surface area contributed by atoms with Gasteiger partial charge in [0.15, 0.2) is 0 Å². The summed E-state index contributed by atoms with van der Waals surface area (Å²) in [6.07, 6.45) is 5.83. The van der Waals surface area contributed by atoms with Crippen molar-refractivity contribution >= 4 is 5.91 Å². The van der Waals surface area contributed by atoms with Gasteiger partial charge in [0, 0.05) is 62.7 Å². The van der Waals surface area contributed by atoms with E-state index in [4.69, 9.17) is 4.98 Å². The molecule has 3 saturated heterocycles. The summed E-state index contributed by atoms with van der Waals surface area (Å²) in [6, 6.07) is 8.95. The first-order valence-electron chi connectivity index (χ1n) is 13.0. The van der Waals surface area contributed by atoms with Crippen molar-refractivity contribution < 1.29 is 9.18 Å². The summed E-state index contributed by atoms with van der Waals surface area (Å²) in [5, 5.41) is 3.57. The van der Waals surface area contributed by atoms with Crippen LogP contribution in [-0.4, -0.2) is 63.5 Å². The van der Waals surface area contributed by atoms with Crippen LogP contribution in [-0.2, 0) is 17.8 Å². The molecule has 0 radical (unpaired) electrons. The number of halogens is 1. The fourth-order valence-corrected chi connectivity index (χ4v) is 7.37. The SMILES string of the molecule is CC(=O)N1CCc2c(nc(C)n2C2C[C@H]3CC[C@@H](C2)N3C[C@H]2CNC[C@@H]2c2cccc(F)c2)C1. The maximum atomic E-state index is 13.9. The second-order valence-corrected chi connectivity index (χ2v) is 10.9. The van der Waals surface area contributed by atoms with Gasteiger partial charge in [-0.25, -0.2) is 9.37 Å². The van der Waals surface area contributed by atoms with Gasteiger partial charge in [0.25, 0.3) is 0 Å². The van der Waals surface area contributed by atoms with Gasteiger partial charge in [-0.2, -0.15) is 0 Å². The maximum Gasteiger partial charge on any atom is 0.219 e. The highest BCUT2D eigenvalue weighted by Crippen LogP contribution is 2.44. The first-order chi connectivity index (χ1) is 16.5. The van der Waals surface area contributed by atoms with E-state index < -0.39 is 0 Å². The molecule has 4 aliphatic heterocycles. The molecule has 0 aliphatic carbocycles. The number of carbonyl (C=O) groups is 1. The molecule has 6 rings (SSSR count). The van der Waals surface area contributed by atoms with Gasteiger partial charge >= 0.3 is 0 Å². The van der Waals surface area contributed by atoms with Gasteiger partial charge in [-0.3, -0.25) is 9.69 Å². The molecule has 0 saturated carbocycles. The number of amides is 1. The van der Waals surface area contributed by atoms with Crippen LogP contribution in [0.4, 0.5) is 4.39 Å². The summed E-state index contributed by atoms with van der Waals surface area (Å²) in [5.74, 6) is 2.04. The minimum atomic E-state index is -0.130. The van der Waals surface area contributed by atoms with Crippen molar-refractivity contribution in [1.29, 1.82) is 0 Å². The smallest absolute Gasteiger partial charge is 0.219 e. The van der Waals surface area contributed by atoms with E-state index in [0.29, 0.717) is 36.5 Å². The normalized spacial score (nSPS) is 31.1. The molecule has 6 nitrogen and oxygen atoms in total. The fourth-order valence-electron chi connectivity index (χ4n) is 7.37. The zero-order chi connectivity index (χ0) is 23.4. The van der Waals surface area contributed by atoms with E-state index in [1.807, 2.05) is 11.0 Å². The third-order valence-corrected chi connectivity index (χ3v) is 8.96. The molecule has 34 heavy (non-hydrogen) atoms. The minimum Gasteiger partial charge on any atom is -0.337 e. The molecular weight excluding hydrogens is 429 g/mol. The number of fused-ring (bicyclic) bond motifs is 3.